The second-order valence-corrected chi connectivity index (χ2v) is 18.7. The van der Waals surface area contributed by atoms with Crippen molar-refractivity contribution in [2.24, 2.45) is 5.41 Å². The first-order chi connectivity index (χ1) is 26.5. The summed E-state index contributed by atoms with van der Waals surface area (Å²) in [6, 6.07) is 65.3. The van der Waals surface area contributed by atoms with Gasteiger partial charge >= 0.3 is 45.2 Å². The first kappa shape index (κ1) is 54.2. The summed E-state index contributed by atoms with van der Waals surface area (Å²) in [7, 11) is -1.39. The summed E-state index contributed by atoms with van der Waals surface area (Å²) >= 11 is 0. The molecule has 0 amide bonds. The fraction of sp³-hybridized carbons (Fsp3) is 0.106. The van der Waals surface area contributed by atoms with E-state index in [0.717, 1.165) is 0 Å². The molecule has 6 aromatic carbocycles. The quantitative estimate of drug-likeness (QED) is 0.0633. The van der Waals surface area contributed by atoms with Crippen LogP contribution in [0.2, 0.25) is 0 Å². The first-order valence-corrected chi connectivity index (χ1v) is 20.9. The Kier molecular flexibility index (Phi) is 32.3. The van der Waals surface area contributed by atoms with Gasteiger partial charge in [0.1, 0.15) is 0 Å². The van der Waals surface area contributed by atoms with Gasteiger partial charge in [-0.25, -0.2) is 0 Å². The molecule has 0 N–H and O–H groups in total. The van der Waals surface area contributed by atoms with Gasteiger partial charge in [-0.2, -0.15) is 0 Å². The number of hydrogen-bond donors (Lipinski definition) is 0. The predicted molar refractivity (Wildman–Crippen MR) is 225 cm³/mol. The Hall–Kier alpha value is -3.86. The van der Waals surface area contributed by atoms with Crippen molar-refractivity contribution in [1.29, 1.82) is 0 Å². The van der Waals surface area contributed by atoms with Crippen molar-refractivity contribution in [3.63, 3.8) is 0 Å². The fourth-order valence-corrected chi connectivity index (χ4v) is 13.3. The smallest absolute Gasteiger partial charge is 0.00405 e. The Morgan fingerprint density at radius 1 is 0.375 bits per heavy atom. The Morgan fingerprint density at radius 3 is 0.768 bits per heavy atom. The van der Waals surface area contributed by atoms with Gasteiger partial charge in [-0.15, -0.1) is 0 Å². The normalized spacial score (nSPS) is 9.18. The van der Waals surface area contributed by atoms with Crippen LogP contribution in [-0.2, 0) is 52.2 Å². The van der Waals surface area contributed by atoms with Gasteiger partial charge in [-0.1, -0.05) is 194 Å². The van der Waals surface area contributed by atoms with Crippen LogP contribution in [0.1, 0.15) is 20.8 Å². The largest absolute Gasteiger partial charge is 0.0622 e. The fourth-order valence-electron chi connectivity index (χ4n) is 4.85. The number of rotatable bonds is 8. The molecular formula is C47H41Co2O4P3. The minimum Gasteiger partial charge on any atom is -0.0622 e. The van der Waals surface area contributed by atoms with Gasteiger partial charge in [-0.05, 0) is 68.4 Å². The van der Waals surface area contributed by atoms with Crippen LogP contribution in [0.4, 0.5) is 0 Å². The molecule has 0 bridgehead atoms. The van der Waals surface area contributed by atoms with Crippen LogP contribution in [0.15, 0.2) is 182 Å². The van der Waals surface area contributed by atoms with Crippen LogP contribution in [0.25, 0.3) is 0 Å². The third-order valence-electron chi connectivity index (χ3n) is 7.13. The monoisotopic (exact) mass is 880 g/mol. The van der Waals surface area contributed by atoms with Gasteiger partial charge in [0.25, 0.3) is 0 Å². The molecule has 0 fully saturated rings. The van der Waals surface area contributed by atoms with E-state index in [1.807, 2.05) is 0 Å². The molecule has 0 saturated carbocycles. The van der Waals surface area contributed by atoms with Crippen LogP contribution in [-0.4, -0.2) is 5.90 Å². The zero-order chi connectivity index (χ0) is 40.0. The summed E-state index contributed by atoms with van der Waals surface area (Å²) in [5, 5.41) is 8.47. The molecule has 6 aromatic rings. The average Bonchev–Trinajstić information content (AvgIpc) is 3.26. The average molecular weight is 881 g/mol. The van der Waals surface area contributed by atoms with Crippen LogP contribution < -0.4 is 31.8 Å². The van der Waals surface area contributed by atoms with E-state index < -0.39 is 23.8 Å². The van der Waals surface area contributed by atoms with Gasteiger partial charge < -0.3 is 0 Å². The van der Waals surface area contributed by atoms with E-state index in [1.165, 1.54) is 37.7 Å². The summed E-state index contributed by atoms with van der Waals surface area (Å²) in [4.78, 5) is 0. The van der Waals surface area contributed by atoms with Crippen molar-refractivity contribution < 1.29 is 52.2 Å². The molecule has 9 heteroatoms. The third-order valence-corrected chi connectivity index (χ3v) is 15.0. The molecule has 0 aliphatic heterocycles. The van der Waals surface area contributed by atoms with E-state index >= 15 is 0 Å². The molecule has 2 radical (unpaired) electrons. The summed E-state index contributed by atoms with van der Waals surface area (Å²) in [6.45, 7) is 24.5. The summed E-state index contributed by atoms with van der Waals surface area (Å²) < 4.78 is 30.0. The van der Waals surface area contributed by atoms with E-state index in [1.54, 1.807) is 0 Å². The van der Waals surface area contributed by atoms with Crippen molar-refractivity contribution in [1.82, 2.24) is 0 Å². The van der Waals surface area contributed by atoms with Crippen LogP contribution in [0, 0.1) is 43.6 Å². The molecule has 0 aliphatic carbocycles. The minimum atomic E-state index is -0.576. The van der Waals surface area contributed by atoms with Gasteiger partial charge in [-0.3, -0.25) is 0 Å². The van der Waals surface area contributed by atoms with E-state index in [4.69, 9.17) is 18.6 Å². The molecule has 0 spiro atoms. The molecule has 0 aliphatic rings. The van der Waals surface area contributed by atoms with Gasteiger partial charge in [0.05, 0.1) is 0 Å². The maximum atomic E-state index is 7.50. The van der Waals surface area contributed by atoms with Crippen LogP contribution in [0.3, 0.4) is 0 Å². The molecule has 56 heavy (non-hydrogen) atoms. The molecule has 6 rings (SSSR count). The van der Waals surface area contributed by atoms with Crippen molar-refractivity contribution >= 4 is 55.6 Å². The summed E-state index contributed by atoms with van der Waals surface area (Å²) in [5.41, 5.74) is 3.55. The first-order valence-electron chi connectivity index (χ1n) is 16.5. The van der Waals surface area contributed by atoms with Crippen LogP contribution in [0.5, 0.6) is 0 Å². The summed E-state index contributed by atoms with van der Waals surface area (Å²) in [5.74, 6) is 4.57. The van der Waals surface area contributed by atoms with Crippen LogP contribution >= 0.6 is 23.8 Å². The van der Waals surface area contributed by atoms with Gasteiger partial charge in [0, 0.05) is 52.8 Å². The van der Waals surface area contributed by atoms with E-state index in [0.29, 0.717) is 0 Å². The molecule has 0 heterocycles. The maximum Gasteiger partial charge on any atom is 0.00405 e. The number of hydrogen-bond acceptors (Lipinski definition) is 0. The number of benzene rings is 6. The van der Waals surface area contributed by atoms with E-state index in [2.05, 4.69) is 241 Å². The second kappa shape index (κ2) is 33.3. The maximum absolute atomic E-state index is 7.50. The Morgan fingerprint density at radius 2 is 0.571 bits per heavy atom. The van der Waals surface area contributed by atoms with Crippen molar-refractivity contribution in [2.75, 3.05) is 5.90 Å². The van der Waals surface area contributed by atoms with Crippen molar-refractivity contribution in [3.05, 3.63) is 209 Å². The molecular weight excluding hydrogens is 839 g/mol. The van der Waals surface area contributed by atoms with E-state index in [-0.39, 0.29) is 39.0 Å². The van der Waals surface area contributed by atoms with Crippen molar-refractivity contribution in [2.45, 2.75) is 20.8 Å². The Bertz CT molecular complexity index is 1770. The second-order valence-electron chi connectivity index (χ2n) is 11.8. The molecule has 0 unspecified atom stereocenters. The zero-order valence-corrected chi connectivity index (χ0v) is 35.9. The standard InChI is InChI=1S/C25H22P2.C18H19P.4CO.2Co/c1-5-13-22(14-6-1)26(23-15-7-2-8-16-23)21-27(24-17-9-3-10-18-24)25-19-11-4-12-20-25;1-18(2,3)14-15-19(16-10-6-4-7-11-16)17-12-8-5-9-13-17;4*1-2;;/h1-20H,21H2;4-13H,1-3H3;;;;;;. The molecule has 0 aromatic heterocycles. The minimum absolute atomic E-state index is 0. The molecule has 0 saturated heterocycles. The SMILES string of the molecule is CC(C)(C)C#CP(c1ccccc1)c1ccccc1.[C-]#[O+].[C-]#[O+].[C-]#[O+].[C-]#[O+].[Co].[Co].c1ccc(P(CP(c2ccccc2)c2ccccc2)c2ccccc2)cc1. The zero-order valence-electron chi connectivity index (χ0n) is 31.2. The Labute approximate surface area is 357 Å². The molecule has 286 valence electrons. The topological polar surface area (TPSA) is 79.6 Å². The molecule has 0 atom stereocenters. The van der Waals surface area contributed by atoms with Gasteiger partial charge in [0.15, 0.2) is 0 Å². The Balaban J connectivity index is 0. The molecule has 4 nitrogen and oxygen atoms in total. The third kappa shape index (κ3) is 19.8. The predicted octanol–water partition coefficient (Wildman–Crippen LogP) is 9.18. The van der Waals surface area contributed by atoms with E-state index in [9.17, 15) is 0 Å². The van der Waals surface area contributed by atoms with Crippen molar-refractivity contribution in [3.8, 4) is 11.6 Å². The summed E-state index contributed by atoms with van der Waals surface area (Å²) in [6.07, 6.45) is 0. The van der Waals surface area contributed by atoms with Gasteiger partial charge in [0.2, 0.25) is 0 Å².